The van der Waals surface area contributed by atoms with Gasteiger partial charge in [-0.05, 0) is 18.4 Å². The van der Waals surface area contributed by atoms with E-state index in [9.17, 15) is 4.79 Å². The quantitative estimate of drug-likeness (QED) is 0.602. The fourth-order valence-corrected chi connectivity index (χ4v) is 1.05. The van der Waals surface area contributed by atoms with Gasteiger partial charge >= 0.3 is 5.97 Å². The minimum absolute atomic E-state index is 0.383. The fourth-order valence-electron chi connectivity index (χ4n) is 1.05. The highest BCUT2D eigenvalue weighted by Gasteiger charge is 2.23. The first-order valence-corrected chi connectivity index (χ1v) is 3.69. The molecule has 0 spiro atoms. The van der Waals surface area contributed by atoms with Crippen molar-refractivity contribution in [3.63, 3.8) is 0 Å². The summed E-state index contributed by atoms with van der Waals surface area (Å²) in [6.45, 7) is 4.03. The van der Waals surface area contributed by atoms with Gasteiger partial charge < -0.3 is 9.84 Å². The lowest BCUT2D eigenvalue weighted by Crippen LogP contribution is -2.06. The predicted molar refractivity (Wildman–Crippen MR) is 39.6 cm³/mol. The third kappa shape index (κ3) is 2.05. The van der Waals surface area contributed by atoms with Gasteiger partial charge in [0.15, 0.2) is 0 Å². The SMILES string of the molecule is CC(C)CC1=C[C@H](O)OC1=O. The Labute approximate surface area is 65.7 Å². The maximum Gasteiger partial charge on any atom is 0.336 e. The Bertz CT molecular complexity index is 194. The van der Waals surface area contributed by atoms with Gasteiger partial charge in [0.1, 0.15) is 0 Å². The van der Waals surface area contributed by atoms with Crippen LogP contribution in [0.5, 0.6) is 0 Å². The summed E-state index contributed by atoms with van der Waals surface area (Å²) < 4.78 is 4.50. The van der Waals surface area contributed by atoms with Crippen molar-refractivity contribution in [1.82, 2.24) is 0 Å². The van der Waals surface area contributed by atoms with Crippen molar-refractivity contribution in [3.8, 4) is 0 Å². The maximum absolute atomic E-state index is 10.9. The Morgan fingerprint density at radius 2 is 2.36 bits per heavy atom. The van der Waals surface area contributed by atoms with E-state index in [2.05, 4.69) is 4.74 Å². The van der Waals surface area contributed by atoms with Gasteiger partial charge in [-0.1, -0.05) is 13.8 Å². The van der Waals surface area contributed by atoms with Crippen LogP contribution in [0, 0.1) is 5.92 Å². The Morgan fingerprint density at radius 1 is 1.73 bits per heavy atom. The molecule has 62 valence electrons. The van der Waals surface area contributed by atoms with Crippen LogP contribution in [-0.4, -0.2) is 17.4 Å². The van der Waals surface area contributed by atoms with Gasteiger partial charge in [-0.15, -0.1) is 0 Å². The molecular weight excluding hydrogens is 144 g/mol. The molecule has 3 nitrogen and oxygen atoms in total. The molecule has 1 N–H and O–H groups in total. The van der Waals surface area contributed by atoms with E-state index in [0.29, 0.717) is 17.9 Å². The molecule has 0 bridgehead atoms. The Morgan fingerprint density at radius 3 is 2.73 bits per heavy atom. The monoisotopic (exact) mass is 156 g/mol. The number of hydrogen-bond acceptors (Lipinski definition) is 3. The normalized spacial score (nSPS) is 23.8. The van der Waals surface area contributed by atoms with E-state index in [1.807, 2.05) is 13.8 Å². The van der Waals surface area contributed by atoms with E-state index in [4.69, 9.17) is 5.11 Å². The number of aliphatic hydroxyl groups excluding tert-OH is 1. The first-order chi connectivity index (χ1) is 5.09. The molecule has 11 heavy (non-hydrogen) atoms. The summed E-state index contributed by atoms with van der Waals surface area (Å²) >= 11 is 0. The van der Waals surface area contributed by atoms with E-state index < -0.39 is 6.29 Å². The van der Waals surface area contributed by atoms with E-state index in [0.717, 1.165) is 0 Å². The molecular formula is C8H12O3. The van der Waals surface area contributed by atoms with Gasteiger partial charge in [0.05, 0.1) is 0 Å². The van der Waals surface area contributed by atoms with Gasteiger partial charge in [0.2, 0.25) is 6.29 Å². The van der Waals surface area contributed by atoms with Crippen LogP contribution < -0.4 is 0 Å². The van der Waals surface area contributed by atoms with Crippen molar-refractivity contribution in [2.75, 3.05) is 0 Å². The summed E-state index contributed by atoms with van der Waals surface area (Å²) in [6.07, 6.45) is 1.12. The molecule has 0 amide bonds. The van der Waals surface area contributed by atoms with Crippen molar-refractivity contribution in [1.29, 1.82) is 0 Å². The van der Waals surface area contributed by atoms with Crippen molar-refractivity contribution in [3.05, 3.63) is 11.6 Å². The van der Waals surface area contributed by atoms with E-state index >= 15 is 0 Å². The van der Waals surface area contributed by atoms with Crippen LogP contribution in [0.4, 0.5) is 0 Å². The van der Waals surface area contributed by atoms with Crippen LogP contribution in [0.3, 0.4) is 0 Å². The molecule has 1 rings (SSSR count). The number of carbonyl (C=O) groups is 1. The Hall–Kier alpha value is -0.830. The third-order valence-corrected chi connectivity index (χ3v) is 1.46. The first kappa shape index (κ1) is 8.27. The second-order valence-corrected chi connectivity index (χ2v) is 3.09. The highest BCUT2D eigenvalue weighted by Crippen LogP contribution is 2.18. The number of aliphatic hydroxyl groups is 1. The van der Waals surface area contributed by atoms with Crippen LogP contribution >= 0.6 is 0 Å². The highest BCUT2D eigenvalue weighted by atomic mass is 16.6. The van der Waals surface area contributed by atoms with Gasteiger partial charge in [0, 0.05) is 5.57 Å². The molecule has 1 heterocycles. The molecule has 0 saturated heterocycles. The van der Waals surface area contributed by atoms with Gasteiger partial charge in [0.25, 0.3) is 0 Å². The Balaban J connectivity index is 2.57. The topological polar surface area (TPSA) is 46.5 Å². The smallest absolute Gasteiger partial charge is 0.336 e. The van der Waals surface area contributed by atoms with E-state index in [1.54, 1.807) is 0 Å². The summed E-state index contributed by atoms with van der Waals surface area (Å²) in [5.74, 6) is 0.0327. The minimum atomic E-state index is -1.02. The van der Waals surface area contributed by atoms with Crippen molar-refractivity contribution >= 4 is 5.97 Å². The van der Waals surface area contributed by atoms with Gasteiger partial charge in [-0.25, -0.2) is 4.79 Å². The van der Waals surface area contributed by atoms with E-state index in [-0.39, 0.29) is 5.97 Å². The molecule has 0 unspecified atom stereocenters. The number of carbonyl (C=O) groups excluding carboxylic acids is 1. The van der Waals surface area contributed by atoms with Gasteiger partial charge in [-0.3, -0.25) is 0 Å². The zero-order valence-electron chi connectivity index (χ0n) is 6.70. The number of cyclic esters (lactones) is 1. The molecule has 0 aliphatic carbocycles. The van der Waals surface area contributed by atoms with Crippen LogP contribution in [0.15, 0.2) is 11.6 Å². The standard InChI is InChI=1S/C8H12O3/c1-5(2)3-6-4-7(9)11-8(6)10/h4-5,7,9H,3H2,1-2H3/t7-/m1/s1. The zero-order valence-corrected chi connectivity index (χ0v) is 6.70. The van der Waals surface area contributed by atoms with Crippen molar-refractivity contribution in [2.45, 2.75) is 26.6 Å². The number of rotatable bonds is 2. The summed E-state index contributed by atoms with van der Waals surface area (Å²) in [6, 6.07) is 0. The lowest BCUT2D eigenvalue weighted by Gasteiger charge is -2.01. The first-order valence-electron chi connectivity index (χ1n) is 3.69. The predicted octanol–water partition coefficient (Wildman–Crippen LogP) is 0.834. The maximum atomic E-state index is 10.9. The molecule has 0 aromatic rings. The van der Waals surface area contributed by atoms with Crippen LogP contribution in [0.25, 0.3) is 0 Å². The highest BCUT2D eigenvalue weighted by molar-refractivity contribution is 5.90. The lowest BCUT2D eigenvalue weighted by molar-refractivity contribution is -0.151. The van der Waals surface area contributed by atoms with Crippen LogP contribution in [0.2, 0.25) is 0 Å². The van der Waals surface area contributed by atoms with Gasteiger partial charge in [-0.2, -0.15) is 0 Å². The molecule has 0 saturated carbocycles. The molecule has 0 fully saturated rings. The molecule has 1 aliphatic heterocycles. The molecule has 1 aliphatic rings. The summed E-state index contributed by atoms with van der Waals surface area (Å²) in [5.41, 5.74) is 0.590. The Kier molecular flexibility index (Phi) is 2.29. The molecule has 1 atom stereocenters. The van der Waals surface area contributed by atoms with E-state index in [1.165, 1.54) is 6.08 Å². The minimum Gasteiger partial charge on any atom is -0.429 e. The second kappa shape index (κ2) is 3.05. The summed E-state index contributed by atoms with van der Waals surface area (Å²) in [4.78, 5) is 10.9. The van der Waals surface area contributed by atoms with Crippen LogP contribution in [0.1, 0.15) is 20.3 Å². The molecule has 0 aromatic heterocycles. The molecule has 3 heteroatoms. The second-order valence-electron chi connectivity index (χ2n) is 3.09. The van der Waals surface area contributed by atoms with Crippen molar-refractivity contribution in [2.24, 2.45) is 5.92 Å². The number of esters is 1. The largest absolute Gasteiger partial charge is 0.429 e. The lowest BCUT2D eigenvalue weighted by atomic mass is 10.0. The number of hydrogen-bond donors (Lipinski definition) is 1. The number of ether oxygens (including phenoxy) is 1. The average molecular weight is 156 g/mol. The third-order valence-electron chi connectivity index (χ3n) is 1.46. The van der Waals surface area contributed by atoms with Crippen LogP contribution in [-0.2, 0) is 9.53 Å². The molecule has 0 radical (unpaired) electrons. The van der Waals surface area contributed by atoms with Crippen molar-refractivity contribution < 1.29 is 14.6 Å². The average Bonchev–Trinajstić information content (AvgIpc) is 2.09. The fraction of sp³-hybridized carbons (Fsp3) is 0.625. The zero-order chi connectivity index (χ0) is 8.43. The molecule has 0 aromatic carbocycles. The summed E-state index contributed by atoms with van der Waals surface area (Å²) in [7, 11) is 0. The summed E-state index contributed by atoms with van der Waals surface area (Å²) in [5, 5.41) is 8.86.